The zero-order valence-corrected chi connectivity index (χ0v) is 10.4. The van der Waals surface area contributed by atoms with Crippen LogP contribution in [0, 0.1) is 12.8 Å². The summed E-state index contributed by atoms with van der Waals surface area (Å²) in [6.45, 7) is 6.29. The Kier molecular flexibility index (Phi) is 4.62. The standard InChI is InChI=1S/C13H19ClO/c1-9(2)4-7-13(15)11-5-6-12(14)10(3)8-11/h5-6,8-9,13,15H,4,7H2,1-3H3. The summed E-state index contributed by atoms with van der Waals surface area (Å²) in [6.07, 6.45) is 1.50. The van der Waals surface area contributed by atoms with Crippen molar-refractivity contribution in [2.75, 3.05) is 0 Å². The third-order valence-corrected chi connectivity index (χ3v) is 3.01. The van der Waals surface area contributed by atoms with Crippen LogP contribution in [0.5, 0.6) is 0 Å². The molecule has 1 aromatic rings. The molecule has 0 heterocycles. The zero-order chi connectivity index (χ0) is 11.4. The van der Waals surface area contributed by atoms with Gasteiger partial charge in [0.05, 0.1) is 6.10 Å². The number of hydrogen-bond acceptors (Lipinski definition) is 1. The summed E-state index contributed by atoms with van der Waals surface area (Å²) >= 11 is 5.93. The van der Waals surface area contributed by atoms with Gasteiger partial charge in [-0.05, 0) is 42.9 Å². The van der Waals surface area contributed by atoms with Crippen molar-refractivity contribution in [1.82, 2.24) is 0 Å². The highest BCUT2D eigenvalue weighted by Gasteiger charge is 2.09. The zero-order valence-electron chi connectivity index (χ0n) is 9.63. The van der Waals surface area contributed by atoms with E-state index in [9.17, 15) is 5.11 Å². The van der Waals surface area contributed by atoms with Gasteiger partial charge >= 0.3 is 0 Å². The molecule has 0 fully saturated rings. The first-order valence-electron chi connectivity index (χ1n) is 5.45. The van der Waals surface area contributed by atoms with Gasteiger partial charge in [-0.15, -0.1) is 0 Å². The van der Waals surface area contributed by atoms with Crippen LogP contribution in [0.1, 0.15) is 43.9 Å². The van der Waals surface area contributed by atoms with Gasteiger partial charge in [0.25, 0.3) is 0 Å². The minimum absolute atomic E-state index is 0.358. The lowest BCUT2D eigenvalue weighted by atomic mass is 9.99. The lowest BCUT2D eigenvalue weighted by Crippen LogP contribution is -2.00. The van der Waals surface area contributed by atoms with E-state index in [4.69, 9.17) is 11.6 Å². The summed E-state index contributed by atoms with van der Waals surface area (Å²) in [4.78, 5) is 0. The summed E-state index contributed by atoms with van der Waals surface area (Å²) < 4.78 is 0. The molecule has 0 aromatic heterocycles. The fraction of sp³-hybridized carbons (Fsp3) is 0.538. The highest BCUT2D eigenvalue weighted by atomic mass is 35.5. The first-order chi connectivity index (χ1) is 7.00. The molecule has 1 atom stereocenters. The van der Waals surface area contributed by atoms with E-state index in [1.807, 2.05) is 25.1 Å². The minimum atomic E-state index is -0.358. The number of aliphatic hydroxyl groups is 1. The second-order valence-corrected chi connectivity index (χ2v) is 4.90. The lowest BCUT2D eigenvalue weighted by Gasteiger charge is -2.13. The molecule has 0 aliphatic heterocycles. The van der Waals surface area contributed by atoms with E-state index in [0.29, 0.717) is 5.92 Å². The molecule has 1 rings (SSSR count). The maximum Gasteiger partial charge on any atom is 0.0790 e. The number of aryl methyl sites for hydroxylation is 1. The fourth-order valence-electron chi connectivity index (χ4n) is 1.53. The van der Waals surface area contributed by atoms with Crippen LogP contribution in [-0.2, 0) is 0 Å². The SMILES string of the molecule is Cc1cc(C(O)CCC(C)C)ccc1Cl. The molecule has 0 spiro atoms. The van der Waals surface area contributed by atoms with Crippen LogP contribution >= 0.6 is 11.6 Å². The first kappa shape index (κ1) is 12.5. The van der Waals surface area contributed by atoms with Crippen molar-refractivity contribution in [2.45, 2.75) is 39.7 Å². The predicted molar refractivity (Wildman–Crippen MR) is 65.2 cm³/mol. The van der Waals surface area contributed by atoms with Gasteiger partial charge in [0.2, 0.25) is 0 Å². The van der Waals surface area contributed by atoms with Crippen LogP contribution in [-0.4, -0.2) is 5.11 Å². The van der Waals surface area contributed by atoms with Crippen LogP contribution in [0.4, 0.5) is 0 Å². The van der Waals surface area contributed by atoms with Crippen LogP contribution in [0.25, 0.3) is 0 Å². The largest absolute Gasteiger partial charge is 0.388 e. The van der Waals surface area contributed by atoms with Crippen LogP contribution < -0.4 is 0 Å². The predicted octanol–water partition coefficient (Wildman–Crippen LogP) is 4.12. The topological polar surface area (TPSA) is 20.2 Å². The van der Waals surface area contributed by atoms with Crippen molar-refractivity contribution < 1.29 is 5.11 Å². The summed E-state index contributed by atoms with van der Waals surface area (Å²) in [7, 11) is 0. The van der Waals surface area contributed by atoms with Gasteiger partial charge in [0, 0.05) is 5.02 Å². The van der Waals surface area contributed by atoms with Crippen molar-refractivity contribution in [1.29, 1.82) is 0 Å². The molecule has 84 valence electrons. The van der Waals surface area contributed by atoms with Crippen LogP contribution in [0.2, 0.25) is 5.02 Å². The molecule has 0 amide bonds. The van der Waals surface area contributed by atoms with Gasteiger partial charge in [-0.25, -0.2) is 0 Å². The van der Waals surface area contributed by atoms with Crippen molar-refractivity contribution in [3.05, 3.63) is 34.3 Å². The molecular formula is C13H19ClO. The molecule has 0 saturated carbocycles. The molecule has 0 bridgehead atoms. The third-order valence-electron chi connectivity index (χ3n) is 2.58. The number of rotatable bonds is 4. The fourth-order valence-corrected chi connectivity index (χ4v) is 1.65. The van der Waals surface area contributed by atoms with Gasteiger partial charge in [0.1, 0.15) is 0 Å². The highest BCUT2D eigenvalue weighted by molar-refractivity contribution is 6.31. The molecule has 1 aromatic carbocycles. The molecule has 0 aliphatic carbocycles. The molecule has 0 saturated heterocycles. The van der Waals surface area contributed by atoms with Crippen LogP contribution in [0.15, 0.2) is 18.2 Å². The molecule has 1 unspecified atom stereocenters. The van der Waals surface area contributed by atoms with Crippen molar-refractivity contribution >= 4 is 11.6 Å². The van der Waals surface area contributed by atoms with E-state index in [2.05, 4.69) is 13.8 Å². The summed E-state index contributed by atoms with van der Waals surface area (Å²) in [5, 5.41) is 10.7. The summed E-state index contributed by atoms with van der Waals surface area (Å²) in [6, 6.07) is 5.72. The van der Waals surface area contributed by atoms with E-state index < -0.39 is 0 Å². The Labute approximate surface area is 97.1 Å². The van der Waals surface area contributed by atoms with E-state index in [-0.39, 0.29) is 6.10 Å². The Morgan fingerprint density at radius 1 is 1.27 bits per heavy atom. The van der Waals surface area contributed by atoms with E-state index in [1.165, 1.54) is 0 Å². The molecule has 1 N–H and O–H groups in total. The molecule has 0 radical (unpaired) electrons. The average Bonchev–Trinajstić information content (AvgIpc) is 2.18. The number of halogens is 1. The third kappa shape index (κ3) is 3.84. The smallest absolute Gasteiger partial charge is 0.0790 e. The quantitative estimate of drug-likeness (QED) is 0.819. The lowest BCUT2D eigenvalue weighted by molar-refractivity contribution is 0.159. The summed E-state index contributed by atoms with van der Waals surface area (Å²) in [5.74, 6) is 0.632. The Morgan fingerprint density at radius 2 is 1.93 bits per heavy atom. The van der Waals surface area contributed by atoms with E-state index in [0.717, 1.165) is 29.0 Å². The second-order valence-electron chi connectivity index (χ2n) is 4.50. The Morgan fingerprint density at radius 3 is 2.47 bits per heavy atom. The molecule has 0 aliphatic rings. The van der Waals surface area contributed by atoms with Gasteiger partial charge in [-0.2, -0.15) is 0 Å². The maximum absolute atomic E-state index is 9.94. The summed E-state index contributed by atoms with van der Waals surface area (Å²) in [5.41, 5.74) is 2.00. The van der Waals surface area contributed by atoms with Gasteiger partial charge in [-0.1, -0.05) is 37.6 Å². The highest BCUT2D eigenvalue weighted by Crippen LogP contribution is 2.24. The van der Waals surface area contributed by atoms with Gasteiger partial charge in [0.15, 0.2) is 0 Å². The average molecular weight is 227 g/mol. The van der Waals surface area contributed by atoms with Crippen molar-refractivity contribution in [3.63, 3.8) is 0 Å². The number of benzene rings is 1. The second kappa shape index (κ2) is 5.53. The Hall–Kier alpha value is -0.530. The Bertz CT molecular complexity index is 320. The van der Waals surface area contributed by atoms with E-state index >= 15 is 0 Å². The molecule has 1 nitrogen and oxygen atoms in total. The van der Waals surface area contributed by atoms with E-state index in [1.54, 1.807) is 0 Å². The van der Waals surface area contributed by atoms with Gasteiger partial charge in [-0.3, -0.25) is 0 Å². The van der Waals surface area contributed by atoms with Crippen molar-refractivity contribution in [2.24, 2.45) is 5.92 Å². The Balaban J connectivity index is 2.65. The molecule has 15 heavy (non-hydrogen) atoms. The number of hydrogen-bond donors (Lipinski definition) is 1. The number of aliphatic hydroxyl groups excluding tert-OH is 1. The van der Waals surface area contributed by atoms with Crippen molar-refractivity contribution in [3.8, 4) is 0 Å². The maximum atomic E-state index is 9.94. The molecule has 2 heteroatoms. The minimum Gasteiger partial charge on any atom is -0.388 e. The monoisotopic (exact) mass is 226 g/mol. The van der Waals surface area contributed by atoms with Crippen LogP contribution in [0.3, 0.4) is 0 Å². The van der Waals surface area contributed by atoms with Gasteiger partial charge < -0.3 is 5.11 Å². The normalized spacial score (nSPS) is 13.2. The molecular weight excluding hydrogens is 208 g/mol. The first-order valence-corrected chi connectivity index (χ1v) is 5.82.